The van der Waals surface area contributed by atoms with Crippen molar-refractivity contribution < 1.29 is 24.1 Å². The molecule has 0 bridgehead atoms. The van der Waals surface area contributed by atoms with Crippen LogP contribution in [0.5, 0.6) is 23.0 Å². The lowest BCUT2D eigenvalue weighted by atomic mass is 10.1. The summed E-state index contributed by atoms with van der Waals surface area (Å²) in [6, 6.07) is 19.8. The van der Waals surface area contributed by atoms with Crippen molar-refractivity contribution in [1.29, 1.82) is 0 Å². The first-order valence-electron chi connectivity index (χ1n) is 11.5. The normalized spacial score (nSPS) is 11.2. The predicted octanol–water partition coefficient (Wildman–Crippen LogP) is 4.30. The number of methoxy groups -OCH3 is 3. The summed E-state index contributed by atoms with van der Waals surface area (Å²) in [6.45, 7) is 1.75. The van der Waals surface area contributed by atoms with Gasteiger partial charge in [0.25, 0.3) is 5.91 Å². The van der Waals surface area contributed by atoms with Crippen molar-refractivity contribution in [3.8, 4) is 40.1 Å². The molecule has 38 heavy (non-hydrogen) atoms. The van der Waals surface area contributed by atoms with Gasteiger partial charge in [-0.15, -0.1) is 10.2 Å². The van der Waals surface area contributed by atoms with Gasteiger partial charge in [-0.3, -0.25) is 9.36 Å². The minimum atomic E-state index is -0.313. The molecule has 11 heteroatoms. The van der Waals surface area contributed by atoms with Crippen molar-refractivity contribution in [2.75, 3.05) is 27.1 Å². The van der Waals surface area contributed by atoms with E-state index in [2.05, 4.69) is 20.7 Å². The zero-order valence-electron chi connectivity index (χ0n) is 21.3. The average molecular weight is 534 g/mol. The Bertz CT molecular complexity index is 1430. The standard InChI is InChI=1S/C27H27N5O5S/c1-17(18-9-8-12-21(33)13-18)28-29-24(34)16-38-27-31-30-26(32(27)20-10-6-5-7-11-20)19-14-22(35-2)25(37-4)23(15-19)36-3/h5-15,33H,16H2,1-4H3,(H,29,34). The highest BCUT2D eigenvalue weighted by Gasteiger charge is 2.21. The second-order valence-electron chi connectivity index (χ2n) is 7.96. The Labute approximate surface area is 224 Å². The fraction of sp³-hybridized carbons (Fsp3) is 0.185. The number of phenolic OH excluding ortho intramolecular Hbond substituents is 1. The van der Waals surface area contributed by atoms with Crippen molar-refractivity contribution in [2.45, 2.75) is 12.1 Å². The van der Waals surface area contributed by atoms with Crippen molar-refractivity contribution in [2.24, 2.45) is 5.10 Å². The molecule has 4 rings (SSSR count). The number of ether oxygens (including phenoxy) is 3. The summed E-state index contributed by atoms with van der Waals surface area (Å²) in [5.74, 6) is 1.84. The zero-order chi connectivity index (χ0) is 27.1. The number of thioether (sulfide) groups is 1. The number of hydrazone groups is 1. The maximum absolute atomic E-state index is 12.6. The lowest BCUT2D eigenvalue weighted by molar-refractivity contribution is -0.118. The van der Waals surface area contributed by atoms with E-state index in [-0.39, 0.29) is 17.4 Å². The van der Waals surface area contributed by atoms with Crippen molar-refractivity contribution in [1.82, 2.24) is 20.2 Å². The average Bonchev–Trinajstić information content (AvgIpc) is 3.38. The summed E-state index contributed by atoms with van der Waals surface area (Å²) in [6.07, 6.45) is 0. The van der Waals surface area contributed by atoms with E-state index in [0.717, 1.165) is 5.69 Å². The zero-order valence-corrected chi connectivity index (χ0v) is 22.2. The second kappa shape index (κ2) is 12.2. The molecule has 3 aromatic carbocycles. The fourth-order valence-electron chi connectivity index (χ4n) is 3.67. The number of aromatic hydroxyl groups is 1. The monoisotopic (exact) mass is 533 g/mol. The molecule has 196 valence electrons. The van der Waals surface area contributed by atoms with Gasteiger partial charge in [0.05, 0.1) is 32.8 Å². The smallest absolute Gasteiger partial charge is 0.250 e. The molecule has 0 fully saturated rings. The first kappa shape index (κ1) is 26.6. The first-order valence-corrected chi connectivity index (χ1v) is 12.5. The summed E-state index contributed by atoms with van der Waals surface area (Å²) >= 11 is 1.22. The van der Waals surface area contributed by atoms with Gasteiger partial charge >= 0.3 is 0 Å². The Balaban J connectivity index is 1.61. The maximum Gasteiger partial charge on any atom is 0.250 e. The number of benzene rings is 3. The van der Waals surface area contributed by atoms with Gasteiger partial charge in [0, 0.05) is 16.8 Å². The number of rotatable bonds is 10. The lowest BCUT2D eigenvalue weighted by Gasteiger charge is -2.15. The quantitative estimate of drug-likeness (QED) is 0.176. The van der Waals surface area contributed by atoms with E-state index in [0.29, 0.717) is 45.1 Å². The third-order valence-corrected chi connectivity index (χ3v) is 6.44. The van der Waals surface area contributed by atoms with Gasteiger partial charge in [-0.25, -0.2) is 5.43 Å². The number of carbonyl (C=O) groups excluding carboxylic acids is 1. The largest absolute Gasteiger partial charge is 0.508 e. The molecule has 1 heterocycles. The lowest BCUT2D eigenvalue weighted by Crippen LogP contribution is -2.21. The molecule has 0 saturated carbocycles. The van der Waals surface area contributed by atoms with Gasteiger partial charge in [0.2, 0.25) is 5.75 Å². The van der Waals surface area contributed by atoms with Crippen molar-refractivity contribution in [3.05, 3.63) is 72.3 Å². The number of phenols is 1. The molecule has 0 atom stereocenters. The molecule has 0 aliphatic heterocycles. The highest BCUT2D eigenvalue weighted by molar-refractivity contribution is 7.99. The SMILES string of the molecule is COc1cc(-c2nnc(SCC(=O)NN=C(C)c3cccc(O)c3)n2-c2ccccc2)cc(OC)c1OC. The summed E-state index contributed by atoms with van der Waals surface area (Å²) in [7, 11) is 4.64. The number of amides is 1. The number of hydrogen-bond donors (Lipinski definition) is 2. The molecule has 0 spiro atoms. The summed E-state index contributed by atoms with van der Waals surface area (Å²) in [5.41, 5.74) is 5.34. The highest BCUT2D eigenvalue weighted by atomic mass is 32.2. The van der Waals surface area contributed by atoms with Crippen LogP contribution in [0.15, 0.2) is 77.0 Å². The minimum absolute atomic E-state index is 0.0526. The Morgan fingerprint density at radius 1 is 0.974 bits per heavy atom. The molecule has 1 aromatic heterocycles. The molecule has 0 aliphatic rings. The van der Waals surface area contributed by atoms with Crippen LogP contribution in [0.4, 0.5) is 0 Å². The third-order valence-electron chi connectivity index (χ3n) is 5.52. The topological polar surface area (TPSA) is 120 Å². The van der Waals surface area contributed by atoms with E-state index in [1.54, 1.807) is 64.7 Å². The predicted molar refractivity (Wildman–Crippen MR) is 146 cm³/mol. The molecule has 10 nitrogen and oxygen atoms in total. The number of aromatic nitrogens is 3. The molecule has 0 saturated heterocycles. The summed E-state index contributed by atoms with van der Waals surface area (Å²) in [5, 5.41) is 23.1. The second-order valence-corrected chi connectivity index (χ2v) is 8.90. The Morgan fingerprint density at radius 3 is 2.32 bits per heavy atom. The Morgan fingerprint density at radius 2 is 1.68 bits per heavy atom. The molecule has 0 radical (unpaired) electrons. The van der Waals surface area contributed by atoms with Gasteiger partial charge in [-0.1, -0.05) is 42.1 Å². The molecule has 1 amide bonds. The first-order chi connectivity index (χ1) is 18.4. The van der Waals surface area contributed by atoms with Crippen LogP contribution in [0, 0.1) is 0 Å². The molecule has 4 aromatic rings. The van der Waals surface area contributed by atoms with Crippen molar-refractivity contribution in [3.63, 3.8) is 0 Å². The van der Waals surface area contributed by atoms with E-state index < -0.39 is 0 Å². The number of para-hydroxylation sites is 1. The Kier molecular flexibility index (Phi) is 8.49. The number of carbonyl (C=O) groups is 1. The van der Waals surface area contributed by atoms with Crippen LogP contribution in [0.1, 0.15) is 12.5 Å². The molecular weight excluding hydrogens is 506 g/mol. The van der Waals surface area contributed by atoms with Crippen LogP contribution < -0.4 is 19.6 Å². The Hall–Kier alpha value is -4.51. The van der Waals surface area contributed by atoms with E-state index in [9.17, 15) is 9.90 Å². The van der Waals surface area contributed by atoms with E-state index in [1.807, 2.05) is 34.9 Å². The van der Waals surface area contributed by atoms with E-state index in [4.69, 9.17) is 14.2 Å². The minimum Gasteiger partial charge on any atom is -0.508 e. The van der Waals surface area contributed by atoms with Crippen LogP contribution in [0.2, 0.25) is 0 Å². The van der Waals surface area contributed by atoms with Gasteiger partial charge in [-0.05, 0) is 43.3 Å². The number of hydrogen-bond acceptors (Lipinski definition) is 9. The fourth-order valence-corrected chi connectivity index (χ4v) is 4.42. The van der Waals surface area contributed by atoms with Gasteiger partial charge in [0.1, 0.15) is 5.75 Å². The van der Waals surface area contributed by atoms with Crippen LogP contribution in [-0.4, -0.2) is 58.6 Å². The summed E-state index contributed by atoms with van der Waals surface area (Å²) in [4.78, 5) is 12.6. The highest BCUT2D eigenvalue weighted by Crippen LogP contribution is 2.41. The third kappa shape index (κ3) is 5.89. The van der Waals surface area contributed by atoms with Gasteiger partial charge < -0.3 is 19.3 Å². The van der Waals surface area contributed by atoms with Crippen LogP contribution in [-0.2, 0) is 4.79 Å². The van der Waals surface area contributed by atoms with E-state index in [1.165, 1.54) is 11.8 Å². The molecule has 0 aliphatic carbocycles. The van der Waals surface area contributed by atoms with Crippen LogP contribution >= 0.6 is 11.8 Å². The maximum atomic E-state index is 12.6. The molecule has 0 unspecified atom stereocenters. The van der Waals surface area contributed by atoms with Crippen LogP contribution in [0.25, 0.3) is 17.1 Å². The molecule has 2 N–H and O–H groups in total. The summed E-state index contributed by atoms with van der Waals surface area (Å²) < 4.78 is 18.3. The number of nitrogens with zero attached hydrogens (tertiary/aromatic N) is 4. The number of nitrogens with one attached hydrogen (secondary N) is 1. The van der Waals surface area contributed by atoms with Crippen LogP contribution in [0.3, 0.4) is 0 Å². The van der Waals surface area contributed by atoms with Crippen molar-refractivity contribution >= 4 is 23.4 Å². The molecular formula is C27H27N5O5S. The van der Waals surface area contributed by atoms with E-state index >= 15 is 0 Å². The van der Waals surface area contributed by atoms with Gasteiger partial charge in [-0.2, -0.15) is 5.10 Å². The van der Waals surface area contributed by atoms with Gasteiger partial charge in [0.15, 0.2) is 22.5 Å².